The Hall–Kier alpha value is -2.03. The van der Waals surface area contributed by atoms with Gasteiger partial charge in [0, 0.05) is 5.69 Å². The molecule has 3 heteroatoms. The number of methoxy groups -OCH3 is 1. The summed E-state index contributed by atoms with van der Waals surface area (Å²) >= 11 is 0. The van der Waals surface area contributed by atoms with Gasteiger partial charge in [0.2, 0.25) is 0 Å². The van der Waals surface area contributed by atoms with Gasteiger partial charge in [0.1, 0.15) is 0 Å². The second-order valence-electron chi connectivity index (χ2n) is 4.90. The van der Waals surface area contributed by atoms with E-state index in [1.165, 1.54) is 19.2 Å². The van der Waals surface area contributed by atoms with Crippen LogP contribution in [0.25, 0.3) is 11.3 Å². The van der Waals surface area contributed by atoms with Crippen molar-refractivity contribution in [3.8, 4) is 11.3 Å². The fourth-order valence-electron chi connectivity index (χ4n) is 2.83. The summed E-state index contributed by atoms with van der Waals surface area (Å²) < 4.78 is 4.96. The molecular weight excluding hydrogens is 238 g/mol. The number of carbonyl (C=O) groups is 1. The largest absolute Gasteiger partial charge is 0.465 e. The average Bonchev–Trinajstić information content (AvgIpc) is 2.87. The van der Waals surface area contributed by atoms with E-state index in [1.54, 1.807) is 0 Å². The third kappa shape index (κ3) is 2.05. The van der Waals surface area contributed by atoms with Crippen LogP contribution in [0.3, 0.4) is 0 Å². The van der Waals surface area contributed by atoms with Gasteiger partial charge in [-0.25, -0.2) is 4.79 Å². The van der Waals surface area contributed by atoms with Crippen molar-refractivity contribution in [2.45, 2.75) is 25.7 Å². The number of aromatic amines is 1. The number of aryl methyl sites for hydroxylation is 1. The van der Waals surface area contributed by atoms with Crippen LogP contribution in [0.15, 0.2) is 30.3 Å². The van der Waals surface area contributed by atoms with Gasteiger partial charge in [0.25, 0.3) is 0 Å². The van der Waals surface area contributed by atoms with Crippen molar-refractivity contribution in [1.29, 1.82) is 0 Å². The summed E-state index contributed by atoms with van der Waals surface area (Å²) in [6.07, 6.45) is 4.31. The highest BCUT2D eigenvalue weighted by Gasteiger charge is 2.25. The van der Waals surface area contributed by atoms with Gasteiger partial charge in [0.15, 0.2) is 0 Å². The topological polar surface area (TPSA) is 42.1 Å². The van der Waals surface area contributed by atoms with Crippen LogP contribution in [0.1, 0.15) is 34.5 Å². The van der Waals surface area contributed by atoms with E-state index in [0.717, 1.165) is 41.6 Å². The summed E-state index contributed by atoms with van der Waals surface area (Å²) in [5.41, 5.74) is 5.02. The first-order chi connectivity index (χ1) is 9.31. The highest BCUT2D eigenvalue weighted by Crippen LogP contribution is 2.33. The van der Waals surface area contributed by atoms with Crippen LogP contribution >= 0.6 is 0 Å². The molecule has 1 aromatic heterocycles. The van der Waals surface area contributed by atoms with Gasteiger partial charge in [-0.1, -0.05) is 30.3 Å². The fourth-order valence-corrected chi connectivity index (χ4v) is 2.83. The molecule has 0 unspecified atom stereocenters. The first-order valence-corrected chi connectivity index (χ1v) is 6.68. The molecule has 2 aromatic rings. The fraction of sp³-hybridized carbons (Fsp3) is 0.312. The molecule has 1 aromatic carbocycles. The van der Waals surface area contributed by atoms with Crippen LogP contribution in [-0.2, 0) is 17.6 Å². The minimum Gasteiger partial charge on any atom is -0.465 e. The van der Waals surface area contributed by atoms with E-state index in [9.17, 15) is 4.79 Å². The summed E-state index contributed by atoms with van der Waals surface area (Å²) in [6, 6.07) is 9.98. The Morgan fingerprint density at radius 1 is 1.16 bits per heavy atom. The molecule has 0 aliphatic heterocycles. The number of ether oxygens (including phenoxy) is 1. The number of hydrogen-bond acceptors (Lipinski definition) is 2. The van der Waals surface area contributed by atoms with Gasteiger partial charge in [-0.15, -0.1) is 0 Å². The molecule has 0 saturated heterocycles. The highest BCUT2D eigenvalue weighted by molar-refractivity contribution is 5.98. The van der Waals surface area contributed by atoms with Gasteiger partial charge in [0.05, 0.1) is 18.4 Å². The molecule has 0 spiro atoms. The first kappa shape index (κ1) is 12.0. The first-order valence-electron chi connectivity index (χ1n) is 6.68. The van der Waals surface area contributed by atoms with Crippen molar-refractivity contribution in [1.82, 2.24) is 4.98 Å². The third-order valence-corrected chi connectivity index (χ3v) is 3.75. The Morgan fingerprint density at radius 2 is 1.89 bits per heavy atom. The van der Waals surface area contributed by atoms with E-state index in [0.29, 0.717) is 0 Å². The summed E-state index contributed by atoms with van der Waals surface area (Å²) in [5.74, 6) is -0.238. The number of nitrogens with one attached hydrogen (secondary N) is 1. The van der Waals surface area contributed by atoms with Gasteiger partial charge < -0.3 is 9.72 Å². The zero-order valence-corrected chi connectivity index (χ0v) is 11.0. The standard InChI is InChI=1S/C16H17NO2/c1-19-16(18)14-12-9-5-6-10-13(12)17-15(14)11-7-3-2-4-8-11/h2-4,7-8,17H,5-6,9-10H2,1H3. The number of carbonyl (C=O) groups excluding carboxylic acids is 1. The summed E-state index contributed by atoms with van der Waals surface area (Å²) in [6.45, 7) is 0. The lowest BCUT2D eigenvalue weighted by atomic mass is 9.93. The van der Waals surface area contributed by atoms with Crippen LogP contribution < -0.4 is 0 Å². The monoisotopic (exact) mass is 255 g/mol. The summed E-state index contributed by atoms with van der Waals surface area (Å²) in [7, 11) is 1.44. The molecule has 0 fully saturated rings. The maximum atomic E-state index is 12.1. The van der Waals surface area contributed by atoms with Crippen LogP contribution in [-0.4, -0.2) is 18.1 Å². The molecule has 0 bridgehead atoms. The number of fused-ring (bicyclic) bond motifs is 1. The van der Waals surface area contributed by atoms with Crippen molar-refractivity contribution in [3.05, 3.63) is 47.2 Å². The zero-order valence-electron chi connectivity index (χ0n) is 11.0. The van der Waals surface area contributed by atoms with Gasteiger partial charge in [-0.3, -0.25) is 0 Å². The molecule has 0 amide bonds. The van der Waals surface area contributed by atoms with E-state index in [2.05, 4.69) is 4.98 Å². The second kappa shape index (κ2) is 4.92. The smallest absolute Gasteiger partial charge is 0.340 e. The molecule has 0 atom stereocenters. The molecule has 19 heavy (non-hydrogen) atoms. The average molecular weight is 255 g/mol. The maximum Gasteiger partial charge on any atom is 0.340 e. The van der Waals surface area contributed by atoms with Crippen LogP contribution in [0.5, 0.6) is 0 Å². The van der Waals surface area contributed by atoms with Gasteiger partial charge in [-0.2, -0.15) is 0 Å². The lowest BCUT2D eigenvalue weighted by Gasteiger charge is -2.11. The van der Waals surface area contributed by atoms with Gasteiger partial charge >= 0.3 is 5.97 Å². The molecule has 3 rings (SSSR count). The number of H-pyrrole nitrogens is 1. The molecule has 0 saturated carbocycles. The minimum atomic E-state index is -0.238. The van der Waals surface area contributed by atoms with Crippen molar-refractivity contribution in [2.24, 2.45) is 0 Å². The van der Waals surface area contributed by atoms with Crippen LogP contribution in [0.2, 0.25) is 0 Å². The molecule has 98 valence electrons. The molecule has 3 nitrogen and oxygen atoms in total. The van der Waals surface area contributed by atoms with Gasteiger partial charge in [-0.05, 0) is 36.8 Å². The minimum absolute atomic E-state index is 0.238. The van der Waals surface area contributed by atoms with Crippen molar-refractivity contribution in [3.63, 3.8) is 0 Å². The second-order valence-corrected chi connectivity index (χ2v) is 4.90. The lowest BCUT2D eigenvalue weighted by molar-refractivity contribution is 0.0600. The third-order valence-electron chi connectivity index (χ3n) is 3.75. The molecule has 0 radical (unpaired) electrons. The number of benzene rings is 1. The maximum absolute atomic E-state index is 12.1. The molecule has 1 aliphatic carbocycles. The van der Waals surface area contributed by atoms with Crippen molar-refractivity contribution in [2.75, 3.05) is 7.11 Å². The Kier molecular flexibility index (Phi) is 3.11. The van der Waals surface area contributed by atoms with E-state index in [1.807, 2.05) is 30.3 Å². The van der Waals surface area contributed by atoms with Crippen molar-refractivity contribution >= 4 is 5.97 Å². The van der Waals surface area contributed by atoms with E-state index < -0.39 is 0 Å². The highest BCUT2D eigenvalue weighted by atomic mass is 16.5. The number of esters is 1. The molecular formula is C16H17NO2. The lowest BCUT2D eigenvalue weighted by Crippen LogP contribution is -2.08. The van der Waals surface area contributed by atoms with Crippen molar-refractivity contribution < 1.29 is 9.53 Å². The quantitative estimate of drug-likeness (QED) is 0.836. The molecule has 1 heterocycles. The Morgan fingerprint density at radius 3 is 2.63 bits per heavy atom. The van der Waals surface area contributed by atoms with Crippen LogP contribution in [0, 0.1) is 0 Å². The Balaban J connectivity index is 2.18. The zero-order chi connectivity index (χ0) is 13.2. The number of rotatable bonds is 2. The molecule has 1 N–H and O–H groups in total. The van der Waals surface area contributed by atoms with Crippen LogP contribution in [0.4, 0.5) is 0 Å². The Labute approximate surface area is 112 Å². The van der Waals surface area contributed by atoms with E-state index in [4.69, 9.17) is 4.74 Å². The number of aromatic nitrogens is 1. The predicted octanol–water partition coefficient (Wildman–Crippen LogP) is 3.35. The number of hydrogen-bond donors (Lipinski definition) is 1. The van der Waals surface area contributed by atoms with E-state index in [-0.39, 0.29) is 5.97 Å². The normalized spacial score (nSPS) is 13.9. The SMILES string of the molecule is COC(=O)c1c(-c2ccccc2)[nH]c2c1CCCC2. The summed E-state index contributed by atoms with van der Waals surface area (Å²) in [5, 5.41) is 0. The molecule has 1 aliphatic rings. The van der Waals surface area contributed by atoms with E-state index >= 15 is 0 Å². The summed E-state index contributed by atoms with van der Waals surface area (Å²) in [4.78, 5) is 15.5. The Bertz CT molecular complexity index is 599. The predicted molar refractivity (Wildman–Crippen MR) is 74.2 cm³/mol.